The lowest BCUT2D eigenvalue weighted by atomic mass is 9.93. The minimum atomic E-state index is -0.728. The lowest BCUT2D eigenvalue weighted by Crippen LogP contribution is -2.49. The van der Waals surface area contributed by atoms with Gasteiger partial charge in [0.1, 0.15) is 5.54 Å². The molecule has 1 fully saturated rings. The molecule has 1 unspecified atom stereocenters. The molecule has 1 atom stereocenters. The summed E-state index contributed by atoms with van der Waals surface area (Å²) in [5.41, 5.74) is 0.151. The topological polar surface area (TPSA) is 53.4 Å². The van der Waals surface area contributed by atoms with Crippen LogP contribution in [-0.2, 0) is 11.3 Å². The van der Waals surface area contributed by atoms with E-state index in [4.69, 9.17) is 0 Å². The number of carboxylic acids is 1. The second kappa shape index (κ2) is 5.89. The van der Waals surface area contributed by atoms with Crippen LogP contribution in [0.2, 0.25) is 0 Å². The average molecular weight is 392 g/mol. The van der Waals surface area contributed by atoms with Gasteiger partial charge in [-0.1, -0.05) is 6.92 Å². The maximum absolute atomic E-state index is 11.6. The Hall–Kier alpha value is -0.460. The maximum Gasteiger partial charge on any atom is 0.324 e. The molecule has 1 saturated heterocycles. The molecule has 1 aromatic heterocycles. The van der Waals surface area contributed by atoms with Crippen LogP contribution in [0.3, 0.4) is 0 Å². The van der Waals surface area contributed by atoms with E-state index in [-0.39, 0.29) is 0 Å². The van der Waals surface area contributed by atoms with Crippen molar-refractivity contribution in [2.75, 3.05) is 6.54 Å². The summed E-state index contributed by atoms with van der Waals surface area (Å²) in [6, 6.07) is 1.94. The normalized spacial score (nSPS) is 23.7. The van der Waals surface area contributed by atoms with Crippen molar-refractivity contribution in [3.05, 3.63) is 26.9 Å². The highest BCUT2D eigenvalue weighted by molar-refractivity contribution is 9.11. The summed E-state index contributed by atoms with van der Waals surface area (Å²) in [7, 11) is 0. The van der Waals surface area contributed by atoms with Crippen molar-refractivity contribution in [2.24, 2.45) is 0 Å². The molecule has 0 amide bonds. The summed E-state index contributed by atoms with van der Waals surface area (Å²) >= 11 is 6.85. The molecule has 0 spiro atoms. The monoisotopic (exact) mass is 390 g/mol. The van der Waals surface area contributed by atoms with Gasteiger partial charge in [-0.15, -0.1) is 0 Å². The van der Waals surface area contributed by atoms with E-state index in [0.717, 1.165) is 27.6 Å². The predicted octanol–water partition coefficient (Wildman–Crippen LogP) is 3.44. The van der Waals surface area contributed by atoms with Gasteiger partial charge in [0, 0.05) is 21.7 Å². The zero-order valence-corrected chi connectivity index (χ0v) is 13.9. The fraction of sp³-hybridized carbons (Fsp3) is 0.538. The van der Waals surface area contributed by atoms with Crippen LogP contribution in [-0.4, -0.2) is 33.0 Å². The predicted molar refractivity (Wildman–Crippen MR) is 79.9 cm³/mol. The minimum absolute atomic E-state index is 0.563. The smallest absolute Gasteiger partial charge is 0.324 e. The van der Waals surface area contributed by atoms with Gasteiger partial charge in [0.15, 0.2) is 0 Å². The van der Waals surface area contributed by atoms with Gasteiger partial charge in [-0.2, -0.15) is 0 Å². The molecule has 1 N–H and O–H groups in total. The van der Waals surface area contributed by atoms with E-state index < -0.39 is 11.5 Å². The molecule has 1 aliphatic heterocycles. The number of rotatable bonds is 4. The van der Waals surface area contributed by atoms with Crippen LogP contribution in [0.25, 0.3) is 0 Å². The lowest BCUT2D eigenvalue weighted by Gasteiger charge is -2.33. The van der Waals surface area contributed by atoms with Crippen molar-refractivity contribution >= 4 is 37.8 Å². The van der Waals surface area contributed by atoms with Crippen LogP contribution < -0.4 is 0 Å². The SMILES string of the molecule is CCC1(C(=O)O)CCCN1Cc1ncc(Br)cc1Br. The van der Waals surface area contributed by atoms with E-state index in [0.29, 0.717) is 19.4 Å². The Kier molecular flexibility index (Phi) is 4.63. The third kappa shape index (κ3) is 2.85. The van der Waals surface area contributed by atoms with Crippen LogP contribution in [0.15, 0.2) is 21.2 Å². The maximum atomic E-state index is 11.6. The highest BCUT2D eigenvalue weighted by atomic mass is 79.9. The Morgan fingerprint density at radius 1 is 1.58 bits per heavy atom. The molecule has 0 aliphatic carbocycles. The van der Waals surface area contributed by atoms with E-state index in [1.807, 2.05) is 17.9 Å². The highest BCUT2D eigenvalue weighted by Gasteiger charge is 2.46. The fourth-order valence-electron chi connectivity index (χ4n) is 2.70. The van der Waals surface area contributed by atoms with Gasteiger partial charge in [0.25, 0.3) is 0 Å². The minimum Gasteiger partial charge on any atom is -0.480 e. The third-order valence-electron chi connectivity index (χ3n) is 3.83. The van der Waals surface area contributed by atoms with Crippen molar-refractivity contribution in [3.8, 4) is 0 Å². The zero-order valence-electron chi connectivity index (χ0n) is 10.7. The number of hydrogen-bond acceptors (Lipinski definition) is 3. The molecular formula is C13H16Br2N2O2. The molecule has 0 bridgehead atoms. The number of aromatic nitrogens is 1. The number of nitrogens with zero attached hydrogens (tertiary/aromatic N) is 2. The van der Waals surface area contributed by atoms with E-state index in [1.165, 1.54) is 0 Å². The van der Waals surface area contributed by atoms with Gasteiger partial charge in [0.2, 0.25) is 0 Å². The Balaban J connectivity index is 2.24. The standard InChI is InChI=1S/C13H16Br2N2O2/c1-2-13(12(18)19)4-3-5-17(13)8-11-10(15)6-9(14)7-16-11/h6-7H,2-5,8H2,1H3,(H,18,19). The number of halogens is 2. The van der Waals surface area contributed by atoms with E-state index in [9.17, 15) is 9.90 Å². The molecule has 104 valence electrons. The van der Waals surface area contributed by atoms with Crippen molar-refractivity contribution in [2.45, 2.75) is 38.3 Å². The summed E-state index contributed by atoms with van der Waals surface area (Å²) in [4.78, 5) is 18.0. The molecule has 2 heterocycles. The van der Waals surface area contributed by atoms with Crippen LogP contribution >= 0.6 is 31.9 Å². The van der Waals surface area contributed by atoms with Crippen LogP contribution in [0.5, 0.6) is 0 Å². The average Bonchev–Trinajstić information content (AvgIpc) is 2.76. The first-order valence-corrected chi connectivity index (χ1v) is 7.86. The summed E-state index contributed by atoms with van der Waals surface area (Å²) < 4.78 is 1.81. The van der Waals surface area contributed by atoms with Crippen LogP contribution in [0.1, 0.15) is 31.9 Å². The molecule has 4 nitrogen and oxygen atoms in total. The Bertz CT molecular complexity index is 496. The van der Waals surface area contributed by atoms with Gasteiger partial charge in [0.05, 0.1) is 5.69 Å². The highest BCUT2D eigenvalue weighted by Crippen LogP contribution is 2.34. The number of pyridine rings is 1. The fourth-order valence-corrected chi connectivity index (χ4v) is 3.81. The largest absolute Gasteiger partial charge is 0.480 e. The van der Waals surface area contributed by atoms with Gasteiger partial charge >= 0.3 is 5.97 Å². The zero-order chi connectivity index (χ0) is 14.0. The first-order valence-electron chi connectivity index (χ1n) is 6.28. The molecule has 1 aromatic rings. The summed E-state index contributed by atoms with van der Waals surface area (Å²) in [5.74, 6) is -0.722. The van der Waals surface area contributed by atoms with Crippen LogP contribution in [0, 0.1) is 0 Å². The molecule has 0 aromatic carbocycles. The van der Waals surface area contributed by atoms with Gasteiger partial charge in [-0.25, -0.2) is 0 Å². The quantitative estimate of drug-likeness (QED) is 0.854. The van der Waals surface area contributed by atoms with Crippen LogP contribution in [0.4, 0.5) is 0 Å². The number of carbonyl (C=O) groups is 1. The van der Waals surface area contributed by atoms with Crippen molar-refractivity contribution in [1.29, 1.82) is 0 Å². The van der Waals surface area contributed by atoms with E-state index >= 15 is 0 Å². The lowest BCUT2D eigenvalue weighted by molar-refractivity contribution is -0.150. The van der Waals surface area contributed by atoms with Gasteiger partial charge in [-0.05, 0) is 63.7 Å². The first-order chi connectivity index (χ1) is 8.99. The molecule has 19 heavy (non-hydrogen) atoms. The third-order valence-corrected chi connectivity index (χ3v) is 4.95. The second-order valence-corrected chi connectivity index (χ2v) is 6.57. The number of aliphatic carboxylic acids is 1. The number of carboxylic acid groups (broad SMARTS) is 1. The Labute approximate surface area is 129 Å². The van der Waals surface area contributed by atoms with E-state index in [1.54, 1.807) is 6.20 Å². The summed E-state index contributed by atoms with van der Waals surface area (Å²) in [6.45, 7) is 3.31. The molecule has 0 saturated carbocycles. The van der Waals surface area contributed by atoms with Gasteiger partial charge in [-0.3, -0.25) is 14.7 Å². The molecule has 6 heteroatoms. The Morgan fingerprint density at radius 3 is 2.89 bits per heavy atom. The van der Waals surface area contributed by atoms with Gasteiger partial charge < -0.3 is 5.11 Å². The second-order valence-electron chi connectivity index (χ2n) is 4.80. The number of hydrogen-bond donors (Lipinski definition) is 1. The summed E-state index contributed by atoms with van der Waals surface area (Å²) in [6.07, 6.45) is 4.00. The molecule has 1 aliphatic rings. The molecular weight excluding hydrogens is 376 g/mol. The van der Waals surface area contributed by atoms with Crippen molar-refractivity contribution in [3.63, 3.8) is 0 Å². The Morgan fingerprint density at radius 2 is 2.32 bits per heavy atom. The number of likely N-dealkylation sites (tertiary alicyclic amines) is 1. The summed E-state index contributed by atoms with van der Waals surface area (Å²) in [5, 5.41) is 9.54. The van der Waals surface area contributed by atoms with Crippen molar-refractivity contribution in [1.82, 2.24) is 9.88 Å². The molecule has 0 radical (unpaired) electrons. The first kappa shape index (κ1) is 14.9. The van der Waals surface area contributed by atoms with E-state index in [2.05, 4.69) is 36.8 Å². The molecule has 2 rings (SSSR count). The van der Waals surface area contributed by atoms with Crippen molar-refractivity contribution < 1.29 is 9.90 Å².